The number of alkyl carbamates (subject to hydrolysis) is 1. The minimum Gasteiger partial charge on any atom is -0.453 e. The molecule has 4 rings (SSSR count). The standard InChI is InChI=1S/C34H52N6O6Si/c1-23-21-38(32(43)46-33(2,3)4)14-15-39(23)27-19-26-28(18-24(27)20-35)40(22-45-16-17-47(7,8)9)30(37-26)29(41)34(5)12-10-25(11-13-34)36-31(42)44-6/h18-19,23,25H,10-17,21-22H2,1-9H3,(H,36,42). The normalized spacial score (nSPS) is 22.1. The van der Waals surface area contributed by atoms with Gasteiger partial charge in [-0.1, -0.05) is 26.6 Å². The van der Waals surface area contributed by atoms with E-state index in [1.807, 2.05) is 51.3 Å². The van der Waals surface area contributed by atoms with Gasteiger partial charge >= 0.3 is 12.2 Å². The predicted molar refractivity (Wildman–Crippen MR) is 183 cm³/mol. The Bertz CT molecular complexity index is 1510. The van der Waals surface area contributed by atoms with E-state index in [4.69, 9.17) is 19.2 Å². The number of amides is 2. The number of hydrogen-bond donors (Lipinski definition) is 1. The van der Waals surface area contributed by atoms with Gasteiger partial charge in [-0.05, 0) is 71.6 Å². The molecule has 1 unspecified atom stereocenters. The average molecular weight is 669 g/mol. The maximum absolute atomic E-state index is 14.3. The molecule has 2 amide bonds. The van der Waals surface area contributed by atoms with Gasteiger partial charge in [0.25, 0.3) is 0 Å². The molecule has 1 atom stereocenters. The van der Waals surface area contributed by atoms with Crippen LogP contribution < -0.4 is 10.2 Å². The van der Waals surface area contributed by atoms with E-state index in [2.05, 4.69) is 35.9 Å². The molecule has 13 heteroatoms. The summed E-state index contributed by atoms with van der Waals surface area (Å²) in [5, 5.41) is 13.2. The van der Waals surface area contributed by atoms with E-state index in [1.54, 1.807) is 4.90 Å². The lowest BCUT2D eigenvalue weighted by Crippen LogP contribution is -2.54. The number of benzene rings is 1. The van der Waals surface area contributed by atoms with Gasteiger partial charge in [0.2, 0.25) is 5.78 Å². The summed E-state index contributed by atoms with van der Waals surface area (Å²) in [5.41, 5.74) is 1.23. The van der Waals surface area contributed by atoms with Crippen molar-refractivity contribution >= 4 is 42.8 Å². The maximum Gasteiger partial charge on any atom is 0.410 e. The second-order valence-electron chi connectivity index (χ2n) is 15.5. The van der Waals surface area contributed by atoms with Crippen molar-refractivity contribution in [1.29, 1.82) is 5.26 Å². The molecule has 1 N–H and O–H groups in total. The van der Waals surface area contributed by atoms with Crippen molar-refractivity contribution in [2.75, 3.05) is 38.3 Å². The number of nitrogens with zero attached hydrogens (tertiary/aromatic N) is 5. The number of fused-ring (bicyclic) bond motifs is 1. The summed E-state index contributed by atoms with van der Waals surface area (Å²) >= 11 is 0. The predicted octanol–water partition coefficient (Wildman–Crippen LogP) is 6.15. The van der Waals surface area contributed by atoms with Gasteiger partial charge < -0.3 is 29.3 Å². The van der Waals surface area contributed by atoms with Gasteiger partial charge in [-0.25, -0.2) is 14.6 Å². The van der Waals surface area contributed by atoms with Crippen LogP contribution in [0.15, 0.2) is 12.1 Å². The molecular weight excluding hydrogens is 616 g/mol. The fraction of sp³-hybridized carbons (Fsp3) is 0.676. The van der Waals surface area contributed by atoms with Crippen molar-refractivity contribution in [2.45, 2.75) is 110 Å². The average Bonchev–Trinajstić information content (AvgIpc) is 3.35. The van der Waals surface area contributed by atoms with Crippen LogP contribution >= 0.6 is 0 Å². The van der Waals surface area contributed by atoms with Gasteiger partial charge in [0, 0.05) is 51.8 Å². The van der Waals surface area contributed by atoms with Crippen molar-refractivity contribution in [3.05, 3.63) is 23.5 Å². The lowest BCUT2D eigenvalue weighted by molar-refractivity contribution is 0.0218. The van der Waals surface area contributed by atoms with Gasteiger partial charge in [-0.2, -0.15) is 5.26 Å². The molecule has 1 aromatic carbocycles. The van der Waals surface area contributed by atoms with E-state index in [1.165, 1.54) is 7.11 Å². The molecule has 2 heterocycles. The first-order valence-electron chi connectivity index (χ1n) is 16.6. The Kier molecular flexibility index (Phi) is 11.0. The van der Waals surface area contributed by atoms with Crippen molar-refractivity contribution in [2.24, 2.45) is 5.41 Å². The molecule has 2 aromatic rings. The molecule has 1 saturated carbocycles. The third-order valence-electron chi connectivity index (χ3n) is 9.14. The first-order valence-corrected chi connectivity index (χ1v) is 20.3. The van der Waals surface area contributed by atoms with Crippen LogP contribution in [-0.2, 0) is 20.9 Å². The van der Waals surface area contributed by atoms with Crippen molar-refractivity contribution in [1.82, 2.24) is 19.8 Å². The largest absolute Gasteiger partial charge is 0.453 e. The van der Waals surface area contributed by atoms with E-state index in [0.717, 1.165) is 11.7 Å². The molecular formula is C34H52N6O6Si. The number of Topliss-reactive ketones (excluding diaryl/α,β-unsaturated/α-hetero) is 1. The zero-order valence-electron chi connectivity index (χ0n) is 29.6. The molecule has 1 aliphatic heterocycles. The molecule has 258 valence electrons. The van der Waals surface area contributed by atoms with E-state index in [0.29, 0.717) is 74.3 Å². The minimum absolute atomic E-state index is 0.0504. The number of ether oxygens (including phenoxy) is 3. The fourth-order valence-corrected chi connectivity index (χ4v) is 7.01. The Morgan fingerprint density at radius 2 is 1.83 bits per heavy atom. The molecule has 2 fully saturated rings. The fourth-order valence-electron chi connectivity index (χ4n) is 6.26. The Balaban J connectivity index is 1.65. The minimum atomic E-state index is -1.34. The second-order valence-corrected chi connectivity index (χ2v) is 21.1. The van der Waals surface area contributed by atoms with Gasteiger partial charge in [0.1, 0.15) is 18.4 Å². The van der Waals surface area contributed by atoms with Crippen molar-refractivity contribution in [3.63, 3.8) is 0 Å². The first-order chi connectivity index (χ1) is 21.9. The van der Waals surface area contributed by atoms with Crippen molar-refractivity contribution < 1.29 is 28.6 Å². The molecule has 1 aromatic heterocycles. The van der Waals surface area contributed by atoms with Crippen LogP contribution in [0.3, 0.4) is 0 Å². The van der Waals surface area contributed by atoms with E-state index < -0.39 is 25.2 Å². The summed E-state index contributed by atoms with van der Waals surface area (Å²) < 4.78 is 18.3. The number of nitrogens with one attached hydrogen (secondary N) is 1. The number of nitriles is 1. The van der Waals surface area contributed by atoms with Gasteiger partial charge in [-0.15, -0.1) is 0 Å². The number of carbonyl (C=O) groups is 3. The molecule has 2 aliphatic rings. The number of piperazine rings is 1. The topological polar surface area (TPSA) is 139 Å². The lowest BCUT2D eigenvalue weighted by atomic mass is 9.71. The summed E-state index contributed by atoms with van der Waals surface area (Å²) in [6.45, 7) is 18.6. The zero-order chi connectivity index (χ0) is 34.7. The monoisotopic (exact) mass is 668 g/mol. The SMILES string of the molecule is COC(=O)NC1CCC(C)(C(=O)c2nc3cc(N4CCN(C(=O)OC(C)(C)C)CC4C)c(C#N)cc3n2COCC[Si](C)(C)C)CC1. The molecule has 12 nitrogen and oxygen atoms in total. The lowest BCUT2D eigenvalue weighted by Gasteiger charge is -2.41. The highest BCUT2D eigenvalue weighted by molar-refractivity contribution is 6.76. The van der Waals surface area contributed by atoms with Gasteiger partial charge in [0.05, 0.1) is 29.4 Å². The number of hydrogen-bond acceptors (Lipinski definition) is 9. The summed E-state index contributed by atoms with van der Waals surface area (Å²) in [4.78, 5) is 47.6. The summed E-state index contributed by atoms with van der Waals surface area (Å²) in [5.74, 6) is 0.247. The Hall–Kier alpha value is -3.63. The Labute approximate surface area is 279 Å². The van der Waals surface area contributed by atoms with Crippen LogP contribution in [0.5, 0.6) is 0 Å². The number of imidazole rings is 1. The quantitative estimate of drug-likeness (QED) is 0.189. The summed E-state index contributed by atoms with van der Waals surface area (Å²) in [7, 11) is 0.00588. The smallest absolute Gasteiger partial charge is 0.410 e. The maximum atomic E-state index is 14.3. The van der Waals surface area contributed by atoms with Crippen LogP contribution in [0.25, 0.3) is 11.0 Å². The molecule has 1 aliphatic carbocycles. The van der Waals surface area contributed by atoms with E-state index >= 15 is 0 Å². The van der Waals surface area contributed by atoms with Crippen LogP contribution in [0.1, 0.15) is 76.5 Å². The molecule has 0 spiro atoms. The molecule has 1 saturated heterocycles. The van der Waals surface area contributed by atoms with Gasteiger partial charge in [-0.3, -0.25) is 9.36 Å². The van der Waals surface area contributed by atoms with Crippen molar-refractivity contribution in [3.8, 4) is 6.07 Å². The highest BCUT2D eigenvalue weighted by Gasteiger charge is 2.41. The Morgan fingerprint density at radius 3 is 2.40 bits per heavy atom. The number of rotatable bonds is 9. The number of anilines is 1. The van der Waals surface area contributed by atoms with E-state index in [9.17, 15) is 19.6 Å². The van der Waals surface area contributed by atoms with Crippen LogP contribution in [-0.4, -0.2) is 91.5 Å². The van der Waals surface area contributed by atoms with Crippen LogP contribution in [0, 0.1) is 16.7 Å². The number of ketones is 1. The summed E-state index contributed by atoms with van der Waals surface area (Å²) in [6, 6.07) is 6.92. The number of aromatic nitrogens is 2. The second kappa shape index (κ2) is 14.2. The third-order valence-corrected chi connectivity index (χ3v) is 10.8. The Morgan fingerprint density at radius 1 is 1.15 bits per heavy atom. The number of methoxy groups -OCH3 is 1. The first kappa shape index (κ1) is 36.2. The molecule has 0 radical (unpaired) electrons. The highest BCUT2D eigenvalue weighted by atomic mass is 28.3. The number of carbonyl (C=O) groups excluding carboxylic acids is 3. The summed E-state index contributed by atoms with van der Waals surface area (Å²) in [6.07, 6.45) is 1.68. The third kappa shape index (κ3) is 8.84. The van der Waals surface area contributed by atoms with Crippen LogP contribution in [0.4, 0.5) is 15.3 Å². The molecule has 0 bridgehead atoms. The molecule has 47 heavy (non-hydrogen) atoms. The van der Waals surface area contributed by atoms with E-state index in [-0.39, 0.29) is 30.7 Å². The van der Waals surface area contributed by atoms with Crippen LogP contribution in [0.2, 0.25) is 25.7 Å². The zero-order valence-corrected chi connectivity index (χ0v) is 30.6. The highest BCUT2D eigenvalue weighted by Crippen LogP contribution is 2.40. The van der Waals surface area contributed by atoms with Gasteiger partial charge in [0.15, 0.2) is 5.82 Å².